The topological polar surface area (TPSA) is 61.4 Å². The van der Waals surface area contributed by atoms with E-state index in [2.05, 4.69) is 10.9 Å². The zero-order valence-corrected chi connectivity index (χ0v) is 8.03. The molecule has 0 spiro atoms. The Labute approximate surface area is 82.9 Å². The Kier molecular flexibility index (Phi) is 4.10. The standard InChI is InChI=1S/C10H14N2O2/c1-11-12-9(10(13)14)7-8-5-3-2-4-6-8/h2-6,9,11-12H,7H2,1H3,(H,13,14). The van der Waals surface area contributed by atoms with Crippen molar-refractivity contribution in [3.05, 3.63) is 35.9 Å². The van der Waals surface area contributed by atoms with Crippen LogP contribution in [0.15, 0.2) is 30.3 Å². The molecule has 0 saturated heterocycles. The van der Waals surface area contributed by atoms with Gasteiger partial charge in [0.2, 0.25) is 0 Å². The fraction of sp³-hybridized carbons (Fsp3) is 0.300. The number of hydrogen-bond acceptors (Lipinski definition) is 3. The summed E-state index contributed by atoms with van der Waals surface area (Å²) in [4.78, 5) is 10.8. The molecule has 1 aromatic carbocycles. The number of nitrogens with one attached hydrogen (secondary N) is 2. The molecule has 1 rings (SSSR count). The van der Waals surface area contributed by atoms with Crippen LogP contribution in [0.3, 0.4) is 0 Å². The smallest absolute Gasteiger partial charge is 0.322 e. The first-order valence-corrected chi connectivity index (χ1v) is 4.43. The normalized spacial score (nSPS) is 12.4. The summed E-state index contributed by atoms with van der Waals surface area (Å²) in [6.07, 6.45) is 0.469. The number of rotatable bonds is 5. The second-order valence-corrected chi connectivity index (χ2v) is 2.97. The SMILES string of the molecule is CNNC(Cc1ccccc1)C(=O)O. The van der Waals surface area contributed by atoms with Gasteiger partial charge in [0.25, 0.3) is 0 Å². The van der Waals surface area contributed by atoms with Crippen molar-refractivity contribution in [3.63, 3.8) is 0 Å². The van der Waals surface area contributed by atoms with E-state index in [1.165, 1.54) is 0 Å². The Bertz CT molecular complexity index is 287. The van der Waals surface area contributed by atoms with E-state index in [1.54, 1.807) is 7.05 Å². The van der Waals surface area contributed by atoms with E-state index >= 15 is 0 Å². The zero-order chi connectivity index (χ0) is 10.4. The van der Waals surface area contributed by atoms with Crippen molar-refractivity contribution < 1.29 is 9.90 Å². The summed E-state index contributed by atoms with van der Waals surface area (Å²) in [5, 5.41) is 8.86. The van der Waals surface area contributed by atoms with Gasteiger partial charge in [-0.2, -0.15) is 0 Å². The zero-order valence-electron chi connectivity index (χ0n) is 8.03. The van der Waals surface area contributed by atoms with Gasteiger partial charge in [-0.3, -0.25) is 10.2 Å². The number of hydrogen-bond donors (Lipinski definition) is 3. The largest absolute Gasteiger partial charge is 0.480 e. The molecule has 76 valence electrons. The minimum absolute atomic E-state index is 0.469. The predicted molar refractivity (Wildman–Crippen MR) is 53.8 cm³/mol. The van der Waals surface area contributed by atoms with E-state index in [4.69, 9.17) is 5.11 Å². The number of benzene rings is 1. The molecule has 0 radical (unpaired) electrons. The Morgan fingerprint density at radius 3 is 2.57 bits per heavy atom. The maximum atomic E-state index is 10.8. The first-order valence-electron chi connectivity index (χ1n) is 4.43. The van der Waals surface area contributed by atoms with Crippen molar-refractivity contribution in [1.29, 1.82) is 0 Å². The maximum absolute atomic E-state index is 10.8. The van der Waals surface area contributed by atoms with Gasteiger partial charge in [0.15, 0.2) is 0 Å². The van der Waals surface area contributed by atoms with Crippen LogP contribution in [0.5, 0.6) is 0 Å². The van der Waals surface area contributed by atoms with Gasteiger partial charge < -0.3 is 5.11 Å². The van der Waals surface area contributed by atoms with Crippen LogP contribution >= 0.6 is 0 Å². The van der Waals surface area contributed by atoms with Gasteiger partial charge in [0.05, 0.1) is 0 Å². The van der Waals surface area contributed by atoms with Crippen LogP contribution in [0.1, 0.15) is 5.56 Å². The molecule has 0 aliphatic carbocycles. The summed E-state index contributed by atoms with van der Waals surface area (Å²) in [5.41, 5.74) is 6.32. The van der Waals surface area contributed by atoms with Crippen molar-refractivity contribution in [3.8, 4) is 0 Å². The lowest BCUT2D eigenvalue weighted by atomic mass is 10.1. The average molecular weight is 194 g/mol. The third-order valence-electron chi connectivity index (χ3n) is 1.90. The van der Waals surface area contributed by atoms with Crippen LogP contribution in [0.2, 0.25) is 0 Å². The summed E-state index contributed by atoms with van der Waals surface area (Å²) in [5.74, 6) is -0.858. The highest BCUT2D eigenvalue weighted by atomic mass is 16.4. The van der Waals surface area contributed by atoms with E-state index in [0.29, 0.717) is 6.42 Å². The predicted octanol–water partition coefficient (Wildman–Crippen LogP) is 0.406. The highest BCUT2D eigenvalue weighted by Gasteiger charge is 2.15. The van der Waals surface area contributed by atoms with Gasteiger partial charge in [-0.1, -0.05) is 30.3 Å². The van der Waals surface area contributed by atoms with Crippen molar-refractivity contribution in [2.24, 2.45) is 0 Å². The Balaban J connectivity index is 2.60. The molecule has 4 heteroatoms. The van der Waals surface area contributed by atoms with Crippen molar-refractivity contribution in [2.45, 2.75) is 12.5 Å². The lowest BCUT2D eigenvalue weighted by Gasteiger charge is -2.13. The molecule has 0 amide bonds. The third-order valence-corrected chi connectivity index (χ3v) is 1.90. The van der Waals surface area contributed by atoms with Gasteiger partial charge in [-0.05, 0) is 19.0 Å². The molecule has 0 aromatic heterocycles. The number of carbonyl (C=O) groups is 1. The lowest BCUT2D eigenvalue weighted by Crippen LogP contribution is -2.44. The van der Waals surface area contributed by atoms with Gasteiger partial charge >= 0.3 is 5.97 Å². The Hall–Kier alpha value is -1.39. The Morgan fingerprint density at radius 2 is 2.07 bits per heavy atom. The lowest BCUT2D eigenvalue weighted by molar-refractivity contribution is -0.139. The van der Waals surface area contributed by atoms with Crippen LogP contribution in [0.25, 0.3) is 0 Å². The molecular weight excluding hydrogens is 180 g/mol. The van der Waals surface area contributed by atoms with Gasteiger partial charge in [-0.15, -0.1) is 0 Å². The van der Waals surface area contributed by atoms with E-state index in [0.717, 1.165) is 5.56 Å². The fourth-order valence-corrected chi connectivity index (χ4v) is 1.22. The molecular formula is C10H14N2O2. The van der Waals surface area contributed by atoms with Crippen LogP contribution in [-0.4, -0.2) is 24.2 Å². The van der Waals surface area contributed by atoms with Crippen molar-refractivity contribution in [1.82, 2.24) is 10.9 Å². The fourth-order valence-electron chi connectivity index (χ4n) is 1.22. The molecule has 1 unspecified atom stereocenters. The van der Waals surface area contributed by atoms with Gasteiger partial charge in [0.1, 0.15) is 6.04 Å². The van der Waals surface area contributed by atoms with Crippen LogP contribution in [-0.2, 0) is 11.2 Å². The third kappa shape index (κ3) is 3.16. The maximum Gasteiger partial charge on any atom is 0.322 e. The molecule has 0 heterocycles. The molecule has 0 fully saturated rings. The first kappa shape index (κ1) is 10.7. The highest BCUT2D eigenvalue weighted by molar-refractivity contribution is 5.73. The van der Waals surface area contributed by atoms with Crippen molar-refractivity contribution >= 4 is 5.97 Å². The number of aliphatic carboxylic acids is 1. The molecule has 0 bridgehead atoms. The summed E-state index contributed by atoms with van der Waals surface area (Å²) in [7, 11) is 1.65. The second-order valence-electron chi connectivity index (χ2n) is 2.97. The number of carboxylic acid groups (broad SMARTS) is 1. The van der Waals surface area contributed by atoms with Crippen LogP contribution < -0.4 is 10.9 Å². The highest BCUT2D eigenvalue weighted by Crippen LogP contribution is 2.02. The van der Waals surface area contributed by atoms with Gasteiger partial charge in [-0.25, -0.2) is 5.43 Å². The van der Waals surface area contributed by atoms with E-state index < -0.39 is 12.0 Å². The summed E-state index contributed by atoms with van der Waals surface area (Å²) >= 11 is 0. The molecule has 1 atom stereocenters. The summed E-state index contributed by atoms with van der Waals surface area (Å²) < 4.78 is 0. The molecule has 3 N–H and O–H groups in total. The first-order chi connectivity index (χ1) is 6.74. The molecule has 0 aliphatic rings. The monoisotopic (exact) mass is 194 g/mol. The average Bonchev–Trinajstić information content (AvgIpc) is 2.18. The van der Waals surface area contributed by atoms with E-state index in [1.807, 2.05) is 30.3 Å². The quantitative estimate of drug-likeness (QED) is 0.594. The van der Waals surface area contributed by atoms with Crippen LogP contribution in [0, 0.1) is 0 Å². The molecule has 0 aliphatic heterocycles. The van der Waals surface area contributed by atoms with Crippen LogP contribution in [0.4, 0.5) is 0 Å². The molecule has 0 saturated carbocycles. The summed E-state index contributed by atoms with van der Waals surface area (Å²) in [6, 6.07) is 8.93. The Morgan fingerprint density at radius 1 is 1.43 bits per heavy atom. The van der Waals surface area contributed by atoms with E-state index in [9.17, 15) is 4.79 Å². The minimum atomic E-state index is -0.858. The summed E-state index contributed by atoms with van der Waals surface area (Å²) in [6.45, 7) is 0. The van der Waals surface area contributed by atoms with Gasteiger partial charge in [0, 0.05) is 0 Å². The number of carboxylic acids is 1. The molecule has 14 heavy (non-hydrogen) atoms. The molecule has 1 aromatic rings. The van der Waals surface area contributed by atoms with Crippen molar-refractivity contribution in [2.75, 3.05) is 7.05 Å². The minimum Gasteiger partial charge on any atom is -0.480 e. The molecule has 4 nitrogen and oxygen atoms in total. The second kappa shape index (κ2) is 5.36. The van der Waals surface area contributed by atoms with E-state index in [-0.39, 0.29) is 0 Å². The number of hydrazine groups is 1.